The Kier molecular flexibility index (Phi) is 5.44. The van der Waals surface area contributed by atoms with Crippen LogP contribution in [0.25, 0.3) is 0 Å². The van der Waals surface area contributed by atoms with Crippen LogP contribution in [0.2, 0.25) is 5.82 Å². The number of ketones is 1. The zero-order chi connectivity index (χ0) is 18.0. The van der Waals surface area contributed by atoms with E-state index in [-0.39, 0.29) is 35.3 Å². The first-order valence-corrected chi connectivity index (χ1v) is 8.92. The van der Waals surface area contributed by atoms with Crippen LogP contribution in [-0.2, 0) is 11.2 Å². The minimum atomic E-state index is -1.16. The van der Waals surface area contributed by atoms with Crippen molar-refractivity contribution in [3.8, 4) is 5.75 Å². The maximum absolute atomic E-state index is 12.6. The molecule has 0 spiro atoms. The monoisotopic (exact) mass is 345 g/mol. The van der Waals surface area contributed by atoms with E-state index in [1.807, 2.05) is 0 Å². The highest BCUT2D eigenvalue weighted by Crippen LogP contribution is 2.38. The quantitative estimate of drug-likeness (QED) is 0.703. The summed E-state index contributed by atoms with van der Waals surface area (Å²) in [5.41, 5.74) is 6.47. The lowest BCUT2D eigenvalue weighted by Crippen LogP contribution is -2.37. The molecule has 1 atom stereocenters. The standard InChI is InChI=1S/C18H24BNO5/c20-10-11-4-6-12(7-5-11)16(21)9-14-8-13-2-1-3-15(18(22)23)17(13)25-19(14)24/h1-3,11-12,14,24H,4-10,20H2,(H,22,23)/t11?,12?,14-/m1/s1. The van der Waals surface area contributed by atoms with E-state index in [1.54, 1.807) is 12.1 Å². The Hall–Kier alpha value is -1.86. The summed E-state index contributed by atoms with van der Waals surface area (Å²) < 4.78 is 5.47. The van der Waals surface area contributed by atoms with Gasteiger partial charge in [-0.1, -0.05) is 12.1 Å². The Labute approximate surface area is 147 Å². The van der Waals surface area contributed by atoms with Gasteiger partial charge in [-0.3, -0.25) is 4.79 Å². The lowest BCUT2D eigenvalue weighted by atomic mass is 9.63. The van der Waals surface area contributed by atoms with Gasteiger partial charge in [0.1, 0.15) is 11.5 Å². The molecule has 0 aromatic heterocycles. The van der Waals surface area contributed by atoms with E-state index in [1.165, 1.54) is 6.07 Å². The highest BCUT2D eigenvalue weighted by Gasteiger charge is 2.39. The van der Waals surface area contributed by atoms with E-state index < -0.39 is 13.1 Å². The molecule has 0 bridgehead atoms. The Morgan fingerprint density at radius 2 is 1.96 bits per heavy atom. The number of para-hydroxylation sites is 1. The first-order chi connectivity index (χ1) is 12.0. The number of carbonyl (C=O) groups excluding carboxylic acids is 1. The van der Waals surface area contributed by atoms with Crippen molar-refractivity contribution in [1.82, 2.24) is 0 Å². The fourth-order valence-corrected chi connectivity index (χ4v) is 3.97. The molecule has 134 valence electrons. The van der Waals surface area contributed by atoms with Crippen LogP contribution in [0.3, 0.4) is 0 Å². The number of hydrogen-bond donors (Lipinski definition) is 3. The molecular weight excluding hydrogens is 321 g/mol. The molecule has 1 aliphatic carbocycles. The van der Waals surface area contributed by atoms with Crippen LogP contribution in [0.5, 0.6) is 5.75 Å². The number of nitrogens with two attached hydrogens (primary N) is 1. The number of aromatic carboxylic acids is 1. The summed E-state index contributed by atoms with van der Waals surface area (Å²) in [5.74, 6) is -0.474. The van der Waals surface area contributed by atoms with Gasteiger partial charge < -0.3 is 20.5 Å². The molecule has 7 heteroatoms. The Morgan fingerprint density at radius 3 is 2.60 bits per heavy atom. The molecule has 1 saturated carbocycles. The van der Waals surface area contributed by atoms with E-state index in [0.717, 1.165) is 31.2 Å². The van der Waals surface area contributed by atoms with Crippen molar-refractivity contribution < 1.29 is 24.4 Å². The lowest BCUT2D eigenvalue weighted by Gasteiger charge is -2.30. The molecule has 1 heterocycles. The average Bonchev–Trinajstić information content (AvgIpc) is 2.61. The van der Waals surface area contributed by atoms with E-state index in [4.69, 9.17) is 10.4 Å². The largest absolute Gasteiger partial charge is 0.535 e. The minimum absolute atomic E-state index is 0.0430. The molecule has 0 saturated heterocycles. The van der Waals surface area contributed by atoms with Gasteiger partial charge in [-0.25, -0.2) is 4.79 Å². The predicted octanol–water partition coefficient (Wildman–Crippen LogP) is 1.89. The molecule has 2 aliphatic rings. The van der Waals surface area contributed by atoms with Crippen molar-refractivity contribution in [3.05, 3.63) is 29.3 Å². The third-order valence-corrected chi connectivity index (χ3v) is 5.55. The number of carbonyl (C=O) groups is 2. The topological polar surface area (TPSA) is 110 Å². The van der Waals surface area contributed by atoms with Crippen LogP contribution in [0.4, 0.5) is 0 Å². The van der Waals surface area contributed by atoms with E-state index >= 15 is 0 Å². The molecule has 3 rings (SSSR count). The second-order valence-electron chi connectivity index (χ2n) is 7.20. The van der Waals surface area contributed by atoms with Crippen molar-refractivity contribution in [3.63, 3.8) is 0 Å². The van der Waals surface area contributed by atoms with Crippen LogP contribution in [-0.4, -0.2) is 35.5 Å². The highest BCUT2D eigenvalue weighted by molar-refractivity contribution is 6.47. The van der Waals surface area contributed by atoms with E-state index in [2.05, 4.69) is 0 Å². The number of hydrogen-bond acceptors (Lipinski definition) is 5. The fraction of sp³-hybridized carbons (Fsp3) is 0.556. The van der Waals surface area contributed by atoms with E-state index in [9.17, 15) is 19.7 Å². The van der Waals surface area contributed by atoms with Crippen molar-refractivity contribution in [2.45, 2.75) is 44.3 Å². The van der Waals surface area contributed by atoms with Crippen LogP contribution in [0, 0.1) is 11.8 Å². The Balaban J connectivity index is 1.65. The van der Waals surface area contributed by atoms with Gasteiger partial charge in [-0.2, -0.15) is 0 Å². The predicted molar refractivity (Wildman–Crippen MR) is 93.6 cm³/mol. The fourth-order valence-electron chi connectivity index (χ4n) is 3.97. The maximum atomic E-state index is 12.6. The molecule has 1 fully saturated rings. The highest BCUT2D eigenvalue weighted by atomic mass is 16.5. The molecule has 1 aliphatic heterocycles. The SMILES string of the molecule is NCC1CCC(C(=O)C[C@H]2Cc3cccc(C(=O)O)c3OB2O)CC1. The molecule has 25 heavy (non-hydrogen) atoms. The smallest absolute Gasteiger partial charge is 0.526 e. The first-order valence-electron chi connectivity index (χ1n) is 8.92. The van der Waals surface area contributed by atoms with E-state index in [0.29, 0.717) is 18.9 Å². The average molecular weight is 345 g/mol. The summed E-state index contributed by atoms with van der Waals surface area (Å²) in [6.45, 7) is 0.679. The molecule has 1 aromatic rings. The molecule has 0 radical (unpaired) electrons. The van der Waals surface area contributed by atoms with Gasteiger partial charge in [0.15, 0.2) is 0 Å². The summed E-state index contributed by atoms with van der Waals surface area (Å²) in [6.07, 6.45) is 4.41. The number of carboxylic acids is 1. The van der Waals surface area contributed by atoms with Crippen LogP contribution in [0.1, 0.15) is 48.0 Å². The molecule has 1 aromatic carbocycles. The second-order valence-corrected chi connectivity index (χ2v) is 7.20. The summed E-state index contributed by atoms with van der Waals surface area (Å²) >= 11 is 0. The number of rotatable bonds is 5. The zero-order valence-corrected chi connectivity index (χ0v) is 14.2. The number of carboxylic acid groups (broad SMARTS) is 1. The van der Waals surface area contributed by atoms with Crippen molar-refractivity contribution in [2.75, 3.05) is 6.54 Å². The van der Waals surface area contributed by atoms with Crippen LogP contribution < -0.4 is 10.4 Å². The Morgan fingerprint density at radius 1 is 1.24 bits per heavy atom. The number of Topliss-reactive ketones (excluding diaryl/α,β-unsaturated/α-hetero) is 1. The summed E-state index contributed by atoms with van der Waals surface area (Å²) in [4.78, 5) is 23.9. The Bertz CT molecular complexity index is 657. The van der Waals surface area contributed by atoms with Gasteiger partial charge in [0.2, 0.25) is 0 Å². The third kappa shape index (κ3) is 3.88. The third-order valence-electron chi connectivity index (χ3n) is 5.55. The zero-order valence-electron chi connectivity index (χ0n) is 14.2. The molecular formula is C18H24BNO5. The molecule has 4 N–H and O–H groups in total. The summed E-state index contributed by atoms with van der Waals surface area (Å²) in [5, 5.41) is 19.5. The van der Waals surface area contributed by atoms with Gasteiger partial charge in [0.25, 0.3) is 0 Å². The van der Waals surface area contributed by atoms with Gasteiger partial charge >= 0.3 is 13.1 Å². The van der Waals surface area contributed by atoms with Gasteiger partial charge in [-0.05, 0) is 56.2 Å². The first kappa shape index (κ1) is 18.0. The molecule has 0 amide bonds. The second kappa shape index (κ2) is 7.58. The lowest BCUT2D eigenvalue weighted by molar-refractivity contribution is -0.124. The van der Waals surface area contributed by atoms with Gasteiger partial charge in [-0.15, -0.1) is 0 Å². The van der Waals surface area contributed by atoms with Crippen molar-refractivity contribution in [2.24, 2.45) is 17.6 Å². The minimum Gasteiger partial charge on any atom is -0.535 e. The van der Waals surface area contributed by atoms with Gasteiger partial charge in [0.05, 0.1) is 5.56 Å². The summed E-state index contributed by atoms with van der Waals surface area (Å²) in [7, 11) is -1.16. The molecule has 6 nitrogen and oxygen atoms in total. The van der Waals surface area contributed by atoms with Crippen LogP contribution in [0.15, 0.2) is 18.2 Å². The maximum Gasteiger partial charge on any atom is 0.526 e. The number of fused-ring (bicyclic) bond motifs is 1. The molecule has 0 unspecified atom stereocenters. The number of benzene rings is 1. The summed E-state index contributed by atoms with van der Waals surface area (Å²) in [6, 6.07) is 4.91. The van der Waals surface area contributed by atoms with Crippen LogP contribution >= 0.6 is 0 Å². The normalized spacial score (nSPS) is 25.8. The van der Waals surface area contributed by atoms with Gasteiger partial charge in [0, 0.05) is 18.2 Å². The van der Waals surface area contributed by atoms with Crippen molar-refractivity contribution >= 4 is 18.9 Å². The van der Waals surface area contributed by atoms with Crippen molar-refractivity contribution in [1.29, 1.82) is 0 Å².